The second kappa shape index (κ2) is 8.92. The number of carbonyl (C=O) groups excluding carboxylic acids is 1. The molecule has 2 aromatic heterocycles. The fraction of sp³-hybridized carbons (Fsp3) is 0.333. The van der Waals surface area contributed by atoms with E-state index in [-0.39, 0.29) is 5.91 Å². The van der Waals surface area contributed by atoms with E-state index < -0.39 is 0 Å². The average molecular weight is 431 g/mol. The molecule has 8 nitrogen and oxygen atoms in total. The number of nitrogens with zero attached hydrogens (tertiary/aromatic N) is 5. The number of fused-ring (bicyclic) bond motifs is 1. The van der Waals surface area contributed by atoms with Crippen molar-refractivity contribution in [2.45, 2.75) is 13.0 Å². The minimum atomic E-state index is -0.0173. The maximum atomic E-state index is 13.2. The predicted molar refractivity (Wildman–Crippen MR) is 120 cm³/mol. The van der Waals surface area contributed by atoms with E-state index in [9.17, 15) is 4.79 Å². The van der Waals surface area contributed by atoms with Crippen molar-refractivity contribution in [1.29, 1.82) is 0 Å². The van der Waals surface area contributed by atoms with Crippen molar-refractivity contribution < 1.29 is 14.3 Å². The second-order valence-corrected chi connectivity index (χ2v) is 7.82. The summed E-state index contributed by atoms with van der Waals surface area (Å²) in [5, 5.41) is 0. The molecule has 0 spiro atoms. The maximum Gasteiger partial charge on any atom is 0.254 e. The van der Waals surface area contributed by atoms with Gasteiger partial charge in [-0.3, -0.25) is 9.78 Å². The SMILES string of the molecule is COc1cccc(C(=O)N2CCc3nc(-c4ccccn4)nc(N4CCOCC4)c3C2)c1. The van der Waals surface area contributed by atoms with Crippen molar-refractivity contribution in [1.82, 2.24) is 19.9 Å². The highest BCUT2D eigenvalue weighted by Gasteiger charge is 2.29. The van der Waals surface area contributed by atoms with Crippen LogP contribution in [0.15, 0.2) is 48.7 Å². The molecule has 164 valence electrons. The second-order valence-electron chi connectivity index (χ2n) is 7.82. The highest BCUT2D eigenvalue weighted by Crippen LogP contribution is 2.30. The van der Waals surface area contributed by atoms with Crippen LogP contribution in [0.25, 0.3) is 11.5 Å². The monoisotopic (exact) mass is 431 g/mol. The van der Waals surface area contributed by atoms with Crippen LogP contribution in [-0.2, 0) is 17.7 Å². The van der Waals surface area contributed by atoms with Crippen LogP contribution in [0.4, 0.5) is 5.82 Å². The Morgan fingerprint density at radius 3 is 2.72 bits per heavy atom. The van der Waals surface area contributed by atoms with Crippen molar-refractivity contribution >= 4 is 11.7 Å². The summed E-state index contributed by atoms with van der Waals surface area (Å²) in [7, 11) is 1.60. The third kappa shape index (κ3) is 4.01. The third-order valence-corrected chi connectivity index (χ3v) is 5.85. The average Bonchev–Trinajstić information content (AvgIpc) is 2.88. The normalized spacial score (nSPS) is 15.9. The first-order valence-electron chi connectivity index (χ1n) is 10.8. The first kappa shape index (κ1) is 20.4. The first-order valence-corrected chi connectivity index (χ1v) is 10.8. The molecule has 0 saturated carbocycles. The molecule has 0 N–H and O–H groups in total. The molecule has 1 aromatic carbocycles. The van der Waals surface area contributed by atoms with Gasteiger partial charge in [0.05, 0.1) is 32.6 Å². The van der Waals surface area contributed by atoms with E-state index in [1.165, 1.54) is 0 Å². The first-order chi connectivity index (χ1) is 15.7. The molecule has 2 aliphatic rings. The van der Waals surface area contributed by atoms with Crippen molar-refractivity contribution in [3.63, 3.8) is 0 Å². The standard InChI is InChI=1S/C24H25N5O3/c1-31-18-6-4-5-17(15-18)24(30)29-10-8-20-19(16-29)23(28-11-13-32-14-12-28)27-22(26-20)21-7-2-3-9-25-21/h2-7,9,15H,8,10-14,16H2,1H3. The lowest BCUT2D eigenvalue weighted by Crippen LogP contribution is -2.41. The van der Waals surface area contributed by atoms with Crippen LogP contribution in [0.2, 0.25) is 0 Å². The van der Waals surface area contributed by atoms with Crippen LogP contribution in [0.1, 0.15) is 21.6 Å². The number of morpholine rings is 1. The van der Waals surface area contributed by atoms with E-state index in [2.05, 4.69) is 9.88 Å². The topological polar surface area (TPSA) is 80.7 Å². The molecule has 3 aromatic rings. The number of pyridine rings is 1. The Bertz CT molecular complexity index is 1120. The van der Waals surface area contributed by atoms with Gasteiger partial charge in [0.2, 0.25) is 0 Å². The highest BCUT2D eigenvalue weighted by molar-refractivity contribution is 5.94. The Morgan fingerprint density at radius 2 is 1.94 bits per heavy atom. The lowest BCUT2D eigenvalue weighted by atomic mass is 10.0. The summed E-state index contributed by atoms with van der Waals surface area (Å²) in [5.74, 6) is 2.15. The van der Waals surface area contributed by atoms with Crippen molar-refractivity contribution in [3.05, 3.63) is 65.5 Å². The smallest absolute Gasteiger partial charge is 0.254 e. The van der Waals surface area contributed by atoms with Crippen LogP contribution < -0.4 is 9.64 Å². The number of ether oxygens (including phenoxy) is 2. The summed E-state index contributed by atoms with van der Waals surface area (Å²) in [6.07, 6.45) is 2.42. The van der Waals surface area contributed by atoms with Gasteiger partial charge in [0, 0.05) is 43.4 Å². The van der Waals surface area contributed by atoms with Crippen LogP contribution in [0.3, 0.4) is 0 Å². The molecule has 1 saturated heterocycles. The molecule has 2 aliphatic heterocycles. The minimum absolute atomic E-state index is 0.0173. The number of hydrogen-bond acceptors (Lipinski definition) is 7. The molecule has 0 atom stereocenters. The number of methoxy groups -OCH3 is 1. The Kier molecular flexibility index (Phi) is 5.68. The Labute approximate surface area is 186 Å². The van der Waals surface area contributed by atoms with Gasteiger partial charge in [0.1, 0.15) is 17.3 Å². The summed E-state index contributed by atoms with van der Waals surface area (Å²) < 4.78 is 10.8. The number of anilines is 1. The molecule has 1 amide bonds. The maximum absolute atomic E-state index is 13.2. The van der Waals surface area contributed by atoms with Gasteiger partial charge in [-0.15, -0.1) is 0 Å². The molecule has 0 bridgehead atoms. The molecular formula is C24H25N5O3. The summed E-state index contributed by atoms with van der Waals surface area (Å²) >= 11 is 0. The van der Waals surface area contributed by atoms with Gasteiger partial charge in [0.25, 0.3) is 5.91 Å². The number of amides is 1. The van der Waals surface area contributed by atoms with Gasteiger partial charge in [-0.2, -0.15) is 0 Å². The zero-order chi connectivity index (χ0) is 21.9. The molecule has 1 fully saturated rings. The van der Waals surface area contributed by atoms with Gasteiger partial charge in [-0.1, -0.05) is 12.1 Å². The fourth-order valence-electron chi connectivity index (χ4n) is 4.16. The van der Waals surface area contributed by atoms with Gasteiger partial charge in [0.15, 0.2) is 5.82 Å². The highest BCUT2D eigenvalue weighted by atomic mass is 16.5. The molecule has 0 radical (unpaired) electrons. The molecular weight excluding hydrogens is 406 g/mol. The Hall–Kier alpha value is -3.52. The van der Waals surface area contributed by atoms with Crippen molar-refractivity contribution in [2.24, 2.45) is 0 Å². The molecule has 0 unspecified atom stereocenters. The molecule has 4 heterocycles. The quantitative estimate of drug-likeness (QED) is 0.628. The van der Waals surface area contributed by atoms with E-state index >= 15 is 0 Å². The van der Waals surface area contributed by atoms with Crippen molar-refractivity contribution in [2.75, 3.05) is 44.9 Å². The van der Waals surface area contributed by atoms with Crippen molar-refractivity contribution in [3.8, 4) is 17.3 Å². The number of hydrogen-bond donors (Lipinski definition) is 0. The molecule has 5 rings (SSSR count). The fourth-order valence-corrected chi connectivity index (χ4v) is 4.16. The van der Waals surface area contributed by atoms with E-state index in [0.717, 1.165) is 35.9 Å². The zero-order valence-corrected chi connectivity index (χ0v) is 18.0. The molecule has 32 heavy (non-hydrogen) atoms. The van der Waals surface area contributed by atoms with E-state index in [4.69, 9.17) is 19.4 Å². The summed E-state index contributed by atoms with van der Waals surface area (Å²) in [4.78, 5) is 31.5. The summed E-state index contributed by atoms with van der Waals surface area (Å²) in [5.41, 5.74) is 3.36. The molecule has 8 heteroatoms. The predicted octanol–water partition coefficient (Wildman–Crippen LogP) is 2.58. The van der Waals surface area contributed by atoms with E-state index in [1.54, 1.807) is 19.4 Å². The minimum Gasteiger partial charge on any atom is -0.497 e. The summed E-state index contributed by atoms with van der Waals surface area (Å²) in [6.45, 7) is 3.91. The Balaban J connectivity index is 1.50. The Morgan fingerprint density at radius 1 is 1.06 bits per heavy atom. The van der Waals surface area contributed by atoms with Gasteiger partial charge in [-0.25, -0.2) is 9.97 Å². The van der Waals surface area contributed by atoms with E-state index in [0.29, 0.717) is 49.9 Å². The number of aromatic nitrogens is 3. The van der Waals surface area contributed by atoms with Gasteiger partial charge < -0.3 is 19.3 Å². The lowest BCUT2D eigenvalue weighted by molar-refractivity contribution is 0.0732. The number of benzene rings is 1. The van der Waals surface area contributed by atoms with Gasteiger partial charge >= 0.3 is 0 Å². The largest absolute Gasteiger partial charge is 0.497 e. The lowest BCUT2D eigenvalue weighted by Gasteiger charge is -2.34. The molecule has 0 aliphatic carbocycles. The summed E-state index contributed by atoms with van der Waals surface area (Å²) in [6, 6.07) is 13.0. The van der Waals surface area contributed by atoms with Crippen LogP contribution >= 0.6 is 0 Å². The van der Waals surface area contributed by atoms with E-state index in [1.807, 2.05) is 41.3 Å². The zero-order valence-electron chi connectivity index (χ0n) is 18.0. The third-order valence-electron chi connectivity index (χ3n) is 5.85. The van der Waals surface area contributed by atoms with Gasteiger partial charge in [-0.05, 0) is 30.3 Å². The number of rotatable bonds is 4. The van der Waals surface area contributed by atoms with Crippen LogP contribution in [0, 0.1) is 0 Å². The number of carbonyl (C=O) groups is 1. The van der Waals surface area contributed by atoms with Crippen LogP contribution in [0.5, 0.6) is 5.75 Å². The van der Waals surface area contributed by atoms with Crippen LogP contribution in [-0.4, -0.2) is 65.7 Å².